The lowest BCUT2D eigenvalue weighted by atomic mass is 10.0. The van der Waals surface area contributed by atoms with Gasteiger partial charge in [0.1, 0.15) is 0 Å². The van der Waals surface area contributed by atoms with Crippen LogP contribution >= 0.6 is 0 Å². The Morgan fingerprint density at radius 1 is 1.19 bits per heavy atom. The highest BCUT2D eigenvalue weighted by Crippen LogP contribution is 2.25. The summed E-state index contributed by atoms with van der Waals surface area (Å²) in [6.45, 7) is 0. The summed E-state index contributed by atoms with van der Waals surface area (Å²) in [6.07, 6.45) is 0. The average molecular weight is 215 g/mol. The molecule has 0 saturated heterocycles. The molecular weight excluding hydrogens is 202 g/mol. The summed E-state index contributed by atoms with van der Waals surface area (Å²) in [5.41, 5.74) is 1.25. The maximum atomic E-state index is 11.2. The van der Waals surface area contributed by atoms with E-state index in [0.717, 1.165) is 16.5 Å². The third-order valence-corrected chi connectivity index (χ3v) is 2.59. The van der Waals surface area contributed by atoms with Gasteiger partial charge in [-0.2, -0.15) is 0 Å². The van der Waals surface area contributed by atoms with E-state index < -0.39 is 5.97 Å². The van der Waals surface area contributed by atoms with E-state index in [1.807, 2.05) is 49.3 Å². The number of benzene rings is 2. The second kappa shape index (κ2) is 3.85. The number of aromatic carboxylic acids is 1. The molecule has 0 aliphatic heterocycles. The normalized spacial score (nSPS) is 10.4. The smallest absolute Gasteiger partial charge is 0.336 e. The van der Waals surface area contributed by atoms with Crippen LogP contribution < -0.4 is 4.90 Å². The molecule has 2 aromatic rings. The SMILES string of the molecule is CN(C)c1cc(C(=O)O)c2ccccc2c1. The molecule has 0 spiro atoms. The number of carboxylic acid groups (broad SMARTS) is 1. The maximum absolute atomic E-state index is 11.2. The summed E-state index contributed by atoms with van der Waals surface area (Å²) in [6, 6.07) is 11.2. The monoisotopic (exact) mass is 215 g/mol. The number of fused-ring (bicyclic) bond motifs is 1. The molecule has 82 valence electrons. The fourth-order valence-corrected chi connectivity index (χ4v) is 1.73. The predicted octanol–water partition coefficient (Wildman–Crippen LogP) is 2.60. The number of nitrogens with zero attached hydrogens (tertiary/aromatic N) is 1. The first-order valence-electron chi connectivity index (χ1n) is 5.03. The molecule has 0 amide bonds. The Bertz CT molecular complexity index is 547. The number of hydrogen-bond acceptors (Lipinski definition) is 2. The van der Waals surface area contributed by atoms with Crippen molar-refractivity contribution < 1.29 is 9.90 Å². The second-order valence-electron chi connectivity index (χ2n) is 3.91. The number of carbonyl (C=O) groups is 1. The van der Waals surface area contributed by atoms with Crippen LogP contribution in [0.3, 0.4) is 0 Å². The lowest BCUT2D eigenvalue weighted by Crippen LogP contribution is -2.10. The van der Waals surface area contributed by atoms with Crippen molar-refractivity contribution in [2.75, 3.05) is 19.0 Å². The molecule has 0 fully saturated rings. The second-order valence-corrected chi connectivity index (χ2v) is 3.91. The maximum Gasteiger partial charge on any atom is 0.336 e. The summed E-state index contributed by atoms with van der Waals surface area (Å²) < 4.78 is 0. The molecule has 3 heteroatoms. The molecule has 2 aromatic carbocycles. The summed E-state index contributed by atoms with van der Waals surface area (Å²) >= 11 is 0. The van der Waals surface area contributed by atoms with Crippen molar-refractivity contribution >= 4 is 22.4 Å². The molecule has 2 rings (SSSR count). The lowest BCUT2D eigenvalue weighted by Gasteiger charge is -2.14. The molecular formula is C13H13NO2. The van der Waals surface area contributed by atoms with E-state index >= 15 is 0 Å². The first-order valence-corrected chi connectivity index (χ1v) is 5.03. The molecule has 0 atom stereocenters. The highest BCUT2D eigenvalue weighted by atomic mass is 16.4. The highest BCUT2D eigenvalue weighted by Gasteiger charge is 2.10. The van der Waals surface area contributed by atoms with Crippen LogP contribution in [0, 0.1) is 0 Å². The van der Waals surface area contributed by atoms with Gasteiger partial charge in [-0.3, -0.25) is 0 Å². The Labute approximate surface area is 93.9 Å². The van der Waals surface area contributed by atoms with Gasteiger partial charge in [-0.25, -0.2) is 4.79 Å². The first kappa shape index (κ1) is 10.5. The summed E-state index contributed by atoms with van der Waals surface area (Å²) in [5.74, 6) is -0.889. The molecule has 1 N–H and O–H groups in total. The van der Waals surface area contributed by atoms with Gasteiger partial charge >= 0.3 is 5.97 Å². The van der Waals surface area contributed by atoms with Gasteiger partial charge in [0, 0.05) is 19.8 Å². The fraction of sp³-hybridized carbons (Fsp3) is 0.154. The number of carboxylic acids is 1. The van der Waals surface area contributed by atoms with Gasteiger partial charge in [-0.05, 0) is 22.9 Å². The summed E-state index contributed by atoms with van der Waals surface area (Å²) in [5, 5.41) is 10.9. The van der Waals surface area contributed by atoms with Crippen LogP contribution in [-0.2, 0) is 0 Å². The van der Waals surface area contributed by atoms with Gasteiger partial charge in [0.2, 0.25) is 0 Å². The summed E-state index contributed by atoms with van der Waals surface area (Å²) in [4.78, 5) is 13.1. The zero-order valence-electron chi connectivity index (χ0n) is 9.27. The Hall–Kier alpha value is -2.03. The number of rotatable bonds is 2. The van der Waals surface area contributed by atoms with Crippen molar-refractivity contribution in [3.05, 3.63) is 42.0 Å². The molecule has 0 unspecified atom stereocenters. The number of anilines is 1. The first-order chi connectivity index (χ1) is 7.59. The third-order valence-electron chi connectivity index (χ3n) is 2.59. The van der Waals surface area contributed by atoms with Crippen LogP contribution in [0.25, 0.3) is 10.8 Å². The highest BCUT2D eigenvalue weighted by molar-refractivity contribution is 6.05. The van der Waals surface area contributed by atoms with Crippen LogP contribution in [0.4, 0.5) is 5.69 Å². The van der Waals surface area contributed by atoms with Gasteiger partial charge in [-0.15, -0.1) is 0 Å². The minimum atomic E-state index is -0.889. The Morgan fingerprint density at radius 3 is 2.50 bits per heavy atom. The minimum Gasteiger partial charge on any atom is -0.478 e. The van der Waals surface area contributed by atoms with Crippen LogP contribution in [0.5, 0.6) is 0 Å². The van der Waals surface area contributed by atoms with Crippen LogP contribution in [0.2, 0.25) is 0 Å². The van der Waals surface area contributed by atoms with E-state index in [0.29, 0.717) is 5.56 Å². The van der Waals surface area contributed by atoms with Crippen molar-refractivity contribution in [1.82, 2.24) is 0 Å². The predicted molar refractivity (Wildman–Crippen MR) is 65.2 cm³/mol. The van der Waals surface area contributed by atoms with Crippen molar-refractivity contribution in [1.29, 1.82) is 0 Å². The number of hydrogen-bond donors (Lipinski definition) is 1. The molecule has 0 bridgehead atoms. The van der Waals surface area contributed by atoms with Crippen molar-refractivity contribution in [3.63, 3.8) is 0 Å². The average Bonchev–Trinajstić information content (AvgIpc) is 2.27. The van der Waals surface area contributed by atoms with Crippen molar-refractivity contribution in [2.24, 2.45) is 0 Å². The van der Waals surface area contributed by atoms with E-state index in [2.05, 4.69) is 0 Å². The van der Waals surface area contributed by atoms with E-state index in [1.54, 1.807) is 6.07 Å². The largest absolute Gasteiger partial charge is 0.478 e. The molecule has 0 aliphatic rings. The van der Waals surface area contributed by atoms with Crippen LogP contribution in [-0.4, -0.2) is 25.2 Å². The molecule has 0 heterocycles. The lowest BCUT2D eigenvalue weighted by molar-refractivity contribution is 0.0699. The zero-order valence-corrected chi connectivity index (χ0v) is 9.27. The Balaban J connectivity index is 2.79. The van der Waals surface area contributed by atoms with E-state index in [4.69, 9.17) is 0 Å². The fourth-order valence-electron chi connectivity index (χ4n) is 1.73. The Morgan fingerprint density at radius 2 is 1.88 bits per heavy atom. The molecule has 3 nitrogen and oxygen atoms in total. The Kier molecular flexibility index (Phi) is 2.52. The zero-order chi connectivity index (χ0) is 11.7. The standard InChI is InChI=1S/C13H13NO2/c1-14(2)10-7-9-5-3-4-6-11(9)12(8-10)13(15)16/h3-8H,1-2H3,(H,15,16). The van der Waals surface area contributed by atoms with E-state index in [9.17, 15) is 9.90 Å². The van der Waals surface area contributed by atoms with E-state index in [1.165, 1.54) is 0 Å². The molecule has 16 heavy (non-hydrogen) atoms. The van der Waals surface area contributed by atoms with E-state index in [-0.39, 0.29) is 0 Å². The van der Waals surface area contributed by atoms with Gasteiger partial charge in [0.05, 0.1) is 5.56 Å². The van der Waals surface area contributed by atoms with Gasteiger partial charge < -0.3 is 10.0 Å². The van der Waals surface area contributed by atoms with Crippen LogP contribution in [0.15, 0.2) is 36.4 Å². The molecule has 0 saturated carbocycles. The third kappa shape index (κ3) is 1.72. The molecule has 0 radical (unpaired) electrons. The van der Waals surface area contributed by atoms with Gasteiger partial charge in [0.15, 0.2) is 0 Å². The van der Waals surface area contributed by atoms with Crippen molar-refractivity contribution in [2.45, 2.75) is 0 Å². The topological polar surface area (TPSA) is 40.5 Å². The quantitative estimate of drug-likeness (QED) is 0.837. The molecule has 0 aliphatic carbocycles. The van der Waals surface area contributed by atoms with Gasteiger partial charge in [0.25, 0.3) is 0 Å². The van der Waals surface area contributed by atoms with Crippen LogP contribution in [0.1, 0.15) is 10.4 Å². The minimum absolute atomic E-state index is 0.349. The molecule has 0 aromatic heterocycles. The summed E-state index contributed by atoms with van der Waals surface area (Å²) in [7, 11) is 3.80. The van der Waals surface area contributed by atoms with Gasteiger partial charge in [-0.1, -0.05) is 24.3 Å². The van der Waals surface area contributed by atoms with Crippen molar-refractivity contribution in [3.8, 4) is 0 Å².